The number of rotatable bonds is 5. The smallest absolute Gasteiger partial charge is 0.202 e. The van der Waals surface area contributed by atoms with Gasteiger partial charge in [-0.15, -0.1) is 0 Å². The van der Waals surface area contributed by atoms with Crippen LogP contribution in [-0.4, -0.2) is 15.3 Å². The molecule has 0 spiro atoms. The zero-order chi connectivity index (χ0) is 17.2. The van der Waals surface area contributed by atoms with E-state index in [0.29, 0.717) is 5.89 Å². The van der Waals surface area contributed by atoms with E-state index in [2.05, 4.69) is 38.8 Å². The molecule has 0 N–H and O–H groups in total. The van der Waals surface area contributed by atoms with E-state index in [4.69, 9.17) is 4.42 Å². The number of hydrogen-bond donors (Lipinski definition) is 0. The predicted molar refractivity (Wildman–Crippen MR) is 97.7 cm³/mol. The predicted octanol–water partition coefficient (Wildman–Crippen LogP) is 5.36. The largest absolute Gasteiger partial charge is 0.440 e. The van der Waals surface area contributed by atoms with Crippen LogP contribution in [0.5, 0.6) is 0 Å². The number of thioether (sulfide) groups is 1. The van der Waals surface area contributed by atoms with Gasteiger partial charge in [0, 0.05) is 11.2 Å². The van der Waals surface area contributed by atoms with Gasteiger partial charge in [-0.25, -0.2) is 4.98 Å². The Morgan fingerprint density at radius 3 is 2.48 bits per heavy atom. The van der Waals surface area contributed by atoms with Gasteiger partial charge in [0.2, 0.25) is 5.89 Å². The van der Waals surface area contributed by atoms with E-state index >= 15 is 0 Å². The van der Waals surface area contributed by atoms with Crippen LogP contribution >= 0.6 is 11.8 Å². The number of carbonyl (C=O) groups excluding carboxylic acids is 1. The van der Waals surface area contributed by atoms with Gasteiger partial charge in [-0.1, -0.05) is 49.4 Å². The minimum Gasteiger partial charge on any atom is -0.440 e. The Balaban J connectivity index is 2.41. The first-order chi connectivity index (χ1) is 10.7. The van der Waals surface area contributed by atoms with Gasteiger partial charge in [-0.2, -0.15) is 0 Å². The first-order valence-corrected chi connectivity index (χ1v) is 8.81. The molecule has 23 heavy (non-hydrogen) atoms. The van der Waals surface area contributed by atoms with Gasteiger partial charge in [0.1, 0.15) is 5.52 Å². The van der Waals surface area contributed by atoms with Crippen LogP contribution in [0.2, 0.25) is 0 Å². The van der Waals surface area contributed by atoms with Crippen molar-refractivity contribution in [1.82, 2.24) is 4.98 Å². The standard InChI is InChI=1S/C19H25NO2S/c1-12(2)11-16(23-17(21)13(3)4)19(5,6)18-20-14-9-7-8-10-15(14)22-18/h7-11,13,16H,1-6H3. The van der Waals surface area contributed by atoms with Crippen LogP contribution in [0.1, 0.15) is 47.4 Å². The van der Waals surface area contributed by atoms with E-state index in [0.717, 1.165) is 11.1 Å². The number of nitrogens with zero attached hydrogens (tertiary/aromatic N) is 1. The summed E-state index contributed by atoms with van der Waals surface area (Å²) < 4.78 is 5.97. The maximum Gasteiger partial charge on any atom is 0.202 e. The minimum absolute atomic E-state index is 0.00694. The Morgan fingerprint density at radius 1 is 1.26 bits per heavy atom. The third-order valence-electron chi connectivity index (χ3n) is 3.76. The van der Waals surface area contributed by atoms with Crippen LogP contribution in [0.3, 0.4) is 0 Å². The summed E-state index contributed by atoms with van der Waals surface area (Å²) in [6.45, 7) is 12.1. The number of aromatic nitrogens is 1. The highest BCUT2D eigenvalue weighted by molar-refractivity contribution is 8.14. The van der Waals surface area contributed by atoms with Crippen molar-refractivity contribution in [3.8, 4) is 0 Å². The molecule has 3 nitrogen and oxygen atoms in total. The van der Waals surface area contributed by atoms with Gasteiger partial charge in [0.05, 0.1) is 5.41 Å². The first kappa shape index (κ1) is 17.8. The SMILES string of the molecule is CC(C)=CC(SC(=O)C(C)C)C(C)(C)c1nc2ccccc2o1. The van der Waals surface area contributed by atoms with Crippen molar-refractivity contribution in [2.45, 2.75) is 52.2 Å². The van der Waals surface area contributed by atoms with Gasteiger partial charge < -0.3 is 4.42 Å². The zero-order valence-corrected chi connectivity index (χ0v) is 15.5. The summed E-state index contributed by atoms with van der Waals surface area (Å²) in [4.78, 5) is 16.9. The van der Waals surface area contributed by atoms with E-state index in [-0.39, 0.29) is 21.7 Å². The Hall–Kier alpha value is -1.55. The highest BCUT2D eigenvalue weighted by Crippen LogP contribution is 2.38. The second-order valence-corrected chi connectivity index (χ2v) is 8.11. The number of carbonyl (C=O) groups is 1. The first-order valence-electron chi connectivity index (χ1n) is 7.93. The number of benzene rings is 1. The van der Waals surface area contributed by atoms with Gasteiger partial charge in [0.15, 0.2) is 10.7 Å². The van der Waals surface area contributed by atoms with Crippen LogP contribution < -0.4 is 0 Å². The van der Waals surface area contributed by atoms with Crippen LogP contribution in [-0.2, 0) is 10.2 Å². The summed E-state index contributed by atoms with van der Waals surface area (Å²) in [5.74, 6) is 0.678. The average Bonchev–Trinajstić information content (AvgIpc) is 2.90. The van der Waals surface area contributed by atoms with Gasteiger partial charge in [0.25, 0.3) is 0 Å². The molecule has 124 valence electrons. The topological polar surface area (TPSA) is 43.1 Å². The quantitative estimate of drug-likeness (QED) is 0.692. The summed E-state index contributed by atoms with van der Waals surface area (Å²) in [7, 11) is 0. The molecule has 0 fully saturated rings. The Labute approximate surface area is 142 Å². The maximum absolute atomic E-state index is 12.3. The summed E-state index contributed by atoms with van der Waals surface area (Å²) in [6, 6.07) is 7.76. The number of allylic oxidation sites excluding steroid dienone is 1. The molecule has 1 aromatic carbocycles. The molecule has 1 heterocycles. The lowest BCUT2D eigenvalue weighted by atomic mass is 9.87. The molecule has 0 amide bonds. The van der Waals surface area contributed by atoms with Crippen molar-refractivity contribution in [2.24, 2.45) is 5.92 Å². The van der Waals surface area contributed by atoms with Crippen molar-refractivity contribution in [1.29, 1.82) is 0 Å². The number of oxazole rings is 1. The van der Waals surface area contributed by atoms with Crippen LogP contribution in [0.15, 0.2) is 40.3 Å². The molecule has 0 radical (unpaired) electrons. The highest BCUT2D eigenvalue weighted by Gasteiger charge is 2.37. The maximum atomic E-state index is 12.3. The average molecular weight is 331 g/mol. The summed E-state index contributed by atoms with van der Waals surface area (Å²) >= 11 is 1.38. The van der Waals surface area contributed by atoms with Gasteiger partial charge in [-0.3, -0.25) is 4.79 Å². The monoisotopic (exact) mass is 331 g/mol. The second kappa shape index (κ2) is 6.91. The molecule has 0 aliphatic carbocycles. The lowest BCUT2D eigenvalue weighted by Gasteiger charge is -2.29. The summed E-state index contributed by atoms with van der Waals surface area (Å²) in [6.07, 6.45) is 2.14. The number of fused-ring (bicyclic) bond motifs is 1. The summed E-state index contributed by atoms with van der Waals surface area (Å²) in [5.41, 5.74) is 2.44. The lowest BCUT2D eigenvalue weighted by molar-refractivity contribution is -0.113. The van der Waals surface area contributed by atoms with Crippen molar-refractivity contribution < 1.29 is 9.21 Å². The molecule has 0 aliphatic heterocycles. The molecule has 1 unspecified atom stereocenters. The van der Waals surface area contributed by atoms with E-state index in [1.165, 1.54) is 17.3 Å². The molecule has 1 aromatic heterocycles. The summed E-state index contributed by atoms with van der Waals surface area (Å²) in [5, 5.41) is 0.173. The molecule has 0 aliphatic rings. The zero-order valence-electron chi connectivity index (χ0n) is 14.7. The molecule has 1 atom stereocenters. The molecule has 0 saturated carbocycles. The Bertz CT molecular complexity index is 691. The fourth-order valence-corrected chi connectivity index (χ4v) is 3.48. The molecular formula is C19H25NO2S. The van der Waals surface area contributed by atoms with E-state index < -0.39 is 0 Å². The van der Waals surface area contributed by atoms with Crippen molar-refractivity contribution in [3.63, 3.8) is 0 Å². The van der Waals surface area contributed by atoms with Crippen LogP contribution in [0.25, 0.3) is 11.1 Å². The van der Waals surface area contributed by atoms with Crippen molar-refractivity contribution >= 4 is 28.0 Å². The van der Waals surface area contributed by atoms with E-state index in [9.17, 15) is 4.79 Å². The van der Waals surface area contributed by atoms with Crippen LogP contribution in [0, 0.1) is 5.92 Å². The molecule has 2 aromatic rings. The third-order valence-corrected chi connectivity index (χ3v) is 5.44. The van der Waals surface area contributed by atoms with Crippen LogP contribution in [0.4, 0.5) is 0 Å². The fourth-order valence-electron chi connectivity index (χ4n) is 2.22. The fraction of sp³-hybridized carbons (Fsp3) is 0.474. The highest BCUT2D eigenvalue weighted by atomic mass is 32.2. The number of hydrogen-bond acceptors (Lipinski definition) is 4. The second-order valence-electron chi connectivity index (χ2n) is 6.96. The Kier molecular flexibility index (Phi) is 5.35. The van der Waals surface area contributed by atoms with Gasteiger partial charge in [-0.05, 0) is 39.8 Å². The van der Waals surface area contributed by atoms with Crippen molar-refractivity contribution in [2.75, 3.05) is 0 Å². The minimum atomic E-state index is -0.383. The van der Waals surface area contributed by atoms with E-state index in [1.54, 1.807) is 0 Å². The molecule has 2 rings (SSSR count). The van der Waals surface area contributed by atoms with Gasteiger partial charge >= 0.3 is 0 Å². The van der Waals surface area contributed by atoms with E-state index in [1.807, 2.05) is 38.1 Å². The number of para-hydroxylation sites is 2. The molecule has 0 bridgehead atoms. The lowest BCUT2D eigenvalue weighted by Crippen LogP contribution is -2.32. The van der Waals surface area contributed by atoms with Crippen molar-refractivity contribution in [3.05, 3.63) is 41.8 Å². The molecular weight excluding hydrogens is 306 g/mol. The third kappa shape index (κ3) is 4.05. The molecule has 0 saturated heterocycles. The normalized spacial score (nSPS) is 13.3. The Morgan fingerprint density at radius 2 is 1.91 bits per heavy atom. The molecule has 4 heteroatoms.